The quantitative estimate of drug-likeness (QED) is 0.453. The maximum atomic E-state index is 5.96. The number of hydrogen-bond donors (Lipinski definition) is 0. The van der Waals surface area contributed by atoms with Gasteiger partial charge in [-0.1, -0.05) is 47.6 Å². The third-order valence-corrected chi connectivity index (χ3v) is 4.90. The van der Waals surface area contributed by atoms with E-state index in [-0.39, 0.29) is 0 Å². The maximum absolute atomic E-state index is 5.96. The number of aryl methyl sites for hydroxylation is 1. The molecule has 2 aromatic heterocycles. The van der Waals surface area contributed by atoms with E-state index in [0.717, 1.165) is 17.7 Å². The molecular formula is C23H25N5O2. The van der Waals surface area contributed by atoms with E-state index < -0.39 is 0 Å². The summed E-state index contributed by atoms with van der Waals surface area (Å²) in [5, 5.41) is 12.7. The van der Waals surface area contributed by atoms with Crippen molar-refractivity contribution in [2.45, 2.75) is 20.0 Å². The molecule has 0 N–H and O–H groups in total. The van der Waals surface area contributed by atoms with Crippen LogP contribution in [0.15, 0.2) is 63.5 Å². The Morgan fingerprint density at radius 3 is 2.30 bits per heavy atom. The number of aromatic nitrogens is 3. The Labute approximate surface area is 175 Å². The normalized spacial score (nSPS) is 11.2. The van der Waals surface area contributed by atoms with Gasteiger partial charge in [-0.15, -0.1) is 10.2 Å². The van der Waals surface area contributed by atoms with Gasteiger partial charge in [0.15, 0.2) is 0 Å². The van der Waals surface area contributed by atoms with Crippen molar-refractivity contribution in [1.82, 2.24) is 20.3 Å². The molecule has 0 atom stereocenters. The SMILES string of the molecule is Cc1onc(-c2ccccc2)c1-c1nnc(CN(C)Cc2ccc(N(C)C)cc2)o1. The summed E-state index contributed by atoms with van der Waals surface area (Å²) in [5.41, 5.74) is 4.80. The molecule has 0 fully saturated rings. The standard InChI is InChI=1S/C23H25N5O2/c1-16-21(22(26-30-16)18-8-6-5-7-9-18)23-25-24-20(29-23)15-28(4)14-17-10-12-19(13-11-17)27(2)3/h5-13H,14-15H2,1-4H3. The van der Waals surface area contributed by atoms with Crippen LogP contribution in [0.5, 0.6) is 0 Å². The van der Waals surface area contributed by atoms with Gasteiger partial charge < -0.3 is 13.8 Å². The van der Waals surface area contributed by atoms with Gasteiger partial charge in [-0.05, 0) is 31.7 Å². The van der Waals surface area contributed by atoms with Crippen molar-refractivity contribution >= 4 is 5.69 Å². The van der Waals surface area contributed by atoms with Gasteiger partial charge in [0.05, 0.1) is 6.54 Å². The van der Waals surface area contributed by atoms with Crippen LogP contribution in [0.1, 0.15) is 17.2 Å². The summed E-state index contributed by atoms with van der Waals surface area (Å²) in [7, 11) is 6.10. The Kier molecular flexibility index (Phi) is 5.63. The first-order chi connectivity index (χ1) is 14.5. The fourth-order valence-corrected chi connectivity index (χ4v) is 3.33. The molecule has 7 nitrogen and oxygen atoms in total. The van der Waals surface area contributed by atoms with Gasteiger partial charge in [0, 0.05) is 31.9 Å². The Hall–Kier alpha value is -3.45. The molecule has 0 spiro atoms. The van der Waals surface area contributed by atoms with Crippen LogP contribution in [0, 0.1) is 6.92 Å². The lowest BCUT2D eigenvalue weighted by atomic mass is 10.1. The van der Waals surface area contributed by atoms with Crippen molar-refractivity contribution < 1.29 is 8.94 Å². The minimum atomic E-state index is 0.423. The fraction of sp³-hybridized carbons (Fsp3) is 0.261. The number of benzene rings is 2. The third kappa shape index (κ3) is 4.26. The van der Waals surface area contributed by atoms with Crippen molar-refractivity contribution in [1.29, 1.82) is 0 Å². The van der Waals surface area contributed by atoms with Crippen molar-refractivity contribution in [3.8, 4) is 22.7 Å². The molecule has 0 radical (unpaired) electrons. The van der Waals surface area contributed by atoms with Gasteiger partial charge in [0.1, 0.15) is 17.0 Å². The minimum absolute atomic E-state index is 0.423. The van der Waals surface area contributed by atoms with Crippen LogP contribution in [0.2, 0.25) is 0 Å². The lowest BCUT2D eigenvalue weighted by molar-refractivity contribution is 0.283. The number of hydrogen-bond acceptors (Lipinski definition) is 7. The van der Waals surface area contributed by atoms with Crippen molar-refractivity contribution in [3.05, 3.63) is 71.8 Å². The van der Waals surface area contributed by atoms with Crippen molar-refractivity contribution in [3.63, 3.8) is 0 Å². The zero-order valence-electron chi connectivity index (χ0n) is 17.7. The summed E-state index contributed by atoms with van der Waals surface area (Å²) in [6, 6.07) is 18.4. The van der Waals surface area contributed by atoms with E-state index in [0.29, 0.717) is 29.8 Å². The van der Waals surface area contributed by atoms with E-state index in [1.54, 1.807) is 0 Å². The van der Waals surface area contributed by atoms with E-state index in [2.05, 4.69) is 49.4 Å². The average Bonchev–Trinajstić information content (AvgIpc) is 3.35. The molecule has 2 heterocycles. The Bertz CT molecular complexity index is 1100. The third-order valence-electron chi connectivity index (χ3n) is 4.90. The van der Waals surface area contributed by atoms with Crippen LogP contribution in [0.4, 0.5) is 5.69 Å². The minimum Gasteiger partial charge on any atom is -0.419 e. The summed E-state index contributed by atoms with van der Waals surface area (Å²) >= 11 is 0. The summed E-state index contributed by atoms with van der Waals surface area (Å²) < 4.78 is 11.4. The Morgan fingerprint density at radius 1 is 0.867 bits per heavy atom. The van der Waals surface area contributed by atoms with Crippen LogP contribution >= 0.6 is 0 Å². The molecule has 0 aliphatic carbocycles. The zero-order valence-corrected chi connectivity index (χ0v) is 17.7. The molecule has 0 bridgehead atoms. The highest BCUT2D eigenvalue weighted by molar-refractivity contribution is 5.77. The molecular weight excluding hydrogens is 378 g/mol. The Balaban J connectivity index is 1.48. The molecule has 0 aliphatic heterocycles. The highest BCUT2D eigenvalue weighted by Crippen LogP contribution is 2.33. The second-order valence-corrected chi connectivity index (χ2v) is 7.56. The summed E-state index contributed by atoms with van der Waals surface area (Å²) in [4.78, 5) is 4.23. The second kappa shape index (κ2) is 8.51. The molecule has 30 heavy (non-hydrogen) atoms. The fourth-order valence-electron chi connectivity index (χ4n) is 3.33. The predicted molar refractivity (Wildman–Crippen MR) is 116 cm³/mol. The smallest absolute Gasteiger partial charge is 0.253 e. The molecule has 2 aromatic carbocycles. The average molecular weight is 403 g/mol. The van der Waals surface area contributed by atoms with Gasteiger partial charge in [-0.3, -0.25) is 4.90 Å². The van der Waals surface area contributed by atoms with Crippen LogP contribution in [-0.4, -0.2) is 41.4 Å². The van der Waals surface area contributed by atoms with Crippen LogP contribution in [0.25, 0.3) is 22.7 Å². The topological polar surface area (TPSA) is 71.4 Å². The first kappa shape index (κ1) is 19.8. The molecule has 154 valence electrons. The van der Waals surface area contributed by atoms with E-state index in [1.807, 2.05) is 58.4 Å². The number of nitrogens with zero attached hydrogens (tertiary/aromatic N) is 5. The van der Waals surface area contributed by atoms with Gasteiger partial charge in [0.2, 0.25) is 5.89 Å². The first-order valence-electron chi connectivity index (χ1n) is 9.80. The largest absolute Gasteiger partial charge is 0.419 e. The number of rotatable bonds is 7. The molecule has 4 aromatic rings. The van der Waals surface area contributed by atoms with E-state index in [9.17, 15) is 0 Å². The zero-order chi connectivity index (χ0) is 21.1. The highest BCUT2D eigenvalue weighted by atomic mass is 16.5. The van der Waals surface area contributed by atoms with Crippen molar-refractivity contribution in [2.24, 2.45) is 0 Å². The van der Waals surface area contributed by atoms with E-state index in [1.165, 1.54) is 11.3 Å². The summed E-state index contributed by atoms with van der Waals surface area (Å²) in [5.74, 6) is 1.63. The predicted octanol–water partition coefficient (Wildman–Crippen LogP) is 4.40. The lowest BCUT2D eigenvalue weighted by Crippen LogP contribution is -2.17. The van der Waals surface area contributed by atoms with Gasteiger partial charge in [-0.25, -0.2) is 0 Å². The van der Waals surface area contributed by atoms with E-state index >= 15 is 0 Å². The van der Waals surface area contributed by atoms with Crippen LogP contribution in [-0.2, 0) is 13.1 Å². The molecule has 0 saturated carbocycles. The highest BCUT2D eigenvalue weighted by Gasteiger charge is 2.22. The maximum Gasteiger partial charge on any atom is 0.253 e. The molecule has 0 saturated heterocycles. The van der Waals surface area contributed by atoms with E-state index in [4.69, 9.17) is 8.94 Å². The van der Waals surface area contributed by atoms with Gasteiger partial charge in [-0.2, -0.15) is 0 Å². The number of anilines is 1. The van der Waals surface area contributed by atoms with Crippen molar-refractivity contribution in [2.75, 3.05) is 26.0 Å². The molecule has 7 heteroatoms. The van der Waals surface area contributed by atoms with Crippen LogP contribution < -0.4 is 4.90 Å². The van der Waals surface area contributed by atoms with Crippen LogP contribution in [0.3, 0.4) is 0 Å². The lowest BCUT2D eigenvalue weighted by Gasteiger charge is -2.16. The molecule has 0 unspecified atom stereocenters. The molecule has 4 rings (SSSR count). The second-order valence-electron chi connectivity index (χ2n) is 7.56. The summed E-state index contributed by atoms with van der Waals surface area (Å²) in [6.07, 6.45) is 0. The monoisotopic (exact) mass is 403 g/mol. The Morgan fingerprint density at radius 2 is 1.60 bits per heavy atom. The van der Waals surface area contributed by atoms with Gasteiger partial charge >= 0.3 is 0 Å². The summed E-state index contributed by atoms with van der Waals surface area (Å²) in [6.45, 7) is 3.18. The molecule has 0 amide bonds. The van der Waals surface area contributed by atoms with Gasteiger partial charge in [0.25, 0.3) is 5.89 Å². The molecule has 0 aliphatic rings. The first-order valence-corrected chi connectivity index (χ1v) is 9.80.